The summed E-state index contributed by atoms with van der Waals surface area (Å²) in [6, 6.07) is 1.52. The number of methoxy groups -OCH3 is 1. The second kappa shape index (κ2) is 8.78. The first-order valence-electron chi connectivity index (χ1n) is 10.5. The lowest BCUT2D eigenvalue weighted by Crippen LogP contribution is -2.53. The smallest absolute Gasteiger partial charge is 0.417 e. The molecule has 0 atom stereocenters. The van der Waals surface area contributed by atoms with Gasteiger partial charge in [-0.15, -0.1) is 0 Å². The number of rotatable bonds is 4. The van der Waals surface area contributed by atoms with Crippen molar-refractivity contribution in [1.82, 2.24) is 19.8 Å². The van der Waals surface area contributed by atoms with Crippen LogP contribution >= 0.6 is 0 Å². The van der Waals surface area contributed by atoms with Gasteiger partial charge in [-0.2, -0.15) is 0 Å². The lowest BCUT2D eigenvalue weighted by Gasteiger charge is -2.40. The monoisotopic (exact) mass is 446 g/mol. The van der Waals surface area contributed by atoms with Crippen LogP contribution in [0, 0.1) is 0 Å². The van der Waals surface area contributed by atoms with E-state index in [0.717, 1.165) is 4.57 Å². The predicted octanol–water partition coefficient (Wildman–Crippen LogP) is 3.23. The minimum atomic E-state index is -1.19. The summed E-state index contributed by atoms with van der Waals surface area (Å²) in [6.45, 7) is 9.00. The van der Waals surface area contributed by atoms with Crippen LogP contribution in [0.4, 0.5) is 9.59 Å². The standard InChI is InChI=1S/C22H30N4O6/c1-21(2,3)32-20(30)25-10-7-22(4,8-11-25)24-12-14-13-26(19(28)29)17-16(14)15(6-9-23-17)18(27)31-5/h6,9,13,24H,7-8,10-12H2,1-5H3,(H,28,29). The third-order valence-corrected chi connectivity index (χ3v) is 5.60. The Hall–Kier alpha value is -3.14. The Morgan fingerprint density at radius 3 is 2.47 bits per heavy atom. The fourth-order valence-electron chi connectivity index (χ4n) is 3.79. The van der Waals surface area contributed by atoms with Gasteiger partial charge in [0.25, 0.3) is 0 Å². The summed E-state index contributed by atoms with van der Waals surface area (Å²) in [4.78, 5) is 42.1. The zero-order valence-corrected chi connectivity index (χ0v) is 19.1. The SMILES string of the molecule is COC(=O)c1ccnc2c1c(CNC1(C)CCN(C(=O)OC(C)(C)C)CC1)cn2C(=O)O. The highest BCUT2D eigenvalue weighted by Gasteiger charge is 2.33. The first kappa shape index (κ1) is 23.5. The Kier molecular flexibility index (Phi) is 6.45. The molecule has 0 aliphatic carbocycles. The zero-order chi connectivity index (χ0) is 23.7. The maximum absolute atomic E-state index is 12.3. The molecule has 32 heavy (non-hydrogen) atoms. The summed E-state index contributed by atoms with van der Waals surface area (Å²) in [7, 11) is 1.28. The predicted molar refractivity (Wildman–Crippen MR) is 117 cm³/mol. The molecule has 0 spiro atoms. The van der Waals surface area contributed by atoms with E-state index in [-0.39, 0.29) is 22.8 Å². The van der Waals surface area contributed by atoms with Crippen molar-refractivity contribution in [2.45, 2.75) is 58.2 Å². The summed E-state index contributed by atoms with van der Waals surface area (Å²) in [5.74, 6) is -0.557. The highest BCUT2D eigenvalue weighted by molar-refractivity contribution is 6.05. The average molecular weight is 447 g/mol. The summed E-state index contributed by atoms with van der Waals surface area (Å²) < 4.78 is 11.3. The molecule has 1 saturated heterocycles. The van der Waals surface area contributed by atoms with Crippen LogP contribution in [0.5, 0.6) is 0 Å². The van der Waals surface area contributed by atoms with E-state index in [1.807, 2.05) is 20.8 Å². The molecule has 1 aliphatic rings. The van der Waals surface area contributed by atoms with Gasteiger partial charge < -0.3 is 24.8 Å². The van der Waals surface area contributed by atoms with Gasteiger partial charge in [0.15, 0.2) is 5.65 Å². The van der Waals surface area contributed by atoms with Crippen molar-refractivity contribution >= 4 is 29.2 Å². The van der Waals surface area contributed by atoms with Gasteiger partial charge in [-0.3, -0.25) is 0 Å². The normalized spacial score (nSPS) is 16.1. The molecule has 174 valence electrons. The van der Waals surface area contributed by atoms with Gasteiger partial charge in [0, 0.05) is 43.0 Å². The Labute approximate surface area is 186 Å². The first-order valence-corrected chi connectivity index (χ1v) is 10.5. The van der Waals surface area contributed by atoms with E-state index in [2.05, 4.69) is 17.2 Å². The molecule has 0 saturated carbocycles. The van der Waals surface area contributed by atoms with Crippen LogP contribution in [0.25, 0.3) is 11.0 Å². The van der Waals surface area contributed by atoms with Gasteiger partial charge >= 0.3 is 18.2 Å². The second-order valence-electron chi connectivity index (χ2n) is 9.24. The summed E-state index contributed by atoms with van der Waals surface area (Å²) >= 11 is 0. The molecule has 2 N–H and O–H groups in total. The Morgan fingerprint density at radius 2 is 1.91 bits per heavy atom. The quantitative estimate of drug-likeness (QED) is 0.686. The van der Waals surface area contributed by atoms with E-state index in [1.165, 1.54) is 25.6 Å². The number of aromatic nitrogens is 2. The Bertz CT molecular complexity index is 1030. The van der Waals surface area contributed by atoms with Crippen molar-refractivity contribution in [1.29, 1.82) is 0 Å². The molecule has 0 bridgehead atoms. The van der Waals surface area contributed by atoms with Crippen LogP contribution in [0.2, 0.25) is 0 Å². The van der Waals surface area contributed by atoms with E-state index < -0.39 is 17.7 Å². The van der Waals surface area contributed by atoms with E-state index in [1.54, 1.807) is 4.90 Å². The van der Waals surface area contributed by atoms with Crippen LogP contribution in [0.1, 0.15) is 56.5 Å². The molecule has 3 rings (SSSR count). The summed E-state index contributed by atoms with van der Waals surface area (Å²) in [6.07, 6.45) is 2.75. The highest BCUT2D eigenvalue weighted by Crippen LogP contribution is 2.27. The third-order valence-electron chi connectivity index (χ3n) is 5.60. The number of nitrogens with zero attached hydrogens (tertiary/aromatic N) is 3. The number of ether oxygens (including phenoxy) is 2. The lowest BCUT2D eigenvalue weighted by atomic mass is 9.89. The van der Waals surface area contributed by atoms with Crippen molar-refractivity contribution < 1.29 is 29.0 Å². The summed E-state index contributed by atoms with van der Waals surface area (Å²) in [5.41, 5.74) is 0.261. The first-order chi connectivity index (χ1) is 14.9. The van der Waals surface area contributed by atoms with Gasteiger partial charge in [0.1, 0.15) is 5.60 Å². The molecule has 1 amide bonds. The zero-order valence-electron chi connectivity index (χ0n) is 19.1. The number of hydrogen-bond acceptors (Lipinski definition) is 7. The van der Waals surface area contributed by atoms with Crippen molar-refractivity contribution in [3.05, 3.63) is 29.6 Å². The second-order valence-corrected chi connectivity index (χ2v) is 9.24. The maximum Gasteiger partial charge on any atom is 0.417 e. The molecule has 0 aromatic carbocycles. The van der Waals surface area contributed by atoms with E-state index >= 15 is 0 Å². The number of fused-ring (bicyclic) bond motifs is 1. The van der Waals surface area contributed by atoms with E-state index in [4.69, 9.17) is 9.47 Å². The van der Waals surface area contributed by atoms with Crippen molar-refractivity contribution in [2.75, 3.05) is 20.2 Å². The number of amides is 1. The number of esters is 1. The minimum Gasteiger partial charge on any atom is -0.465 e. The number of carbonyl (C=O) groups is 3. The van der Waals surface area contributed by atoms with Crippen LogP contribution < -0.4 is 5.32 Å². The van der Waals surface area contributed by atoms with Gasteiger partial charge in [-0.25, -0.2) is 23.9 Å². The molecule has 2 aromatic rings. The maximum atomic E-state index is 12.3. The number of nitrogens with one attached hydrogen (secondary N) is 1. The van der Waals surface area contributed by atoms with Crippen molar-refractivity contribution in [3.63, 3.8) is 0 Å². The molecule has 10 nitrogen and oxygen atoms in total. The molecule has 10 heteroatoms. The lowest BCUT2D eigenvalue weighted by molar-refractivity contribution is 0.0156. The molecule has 1 aliphatic heterocycles. The van der Waals surface area contributed by atoms with E-state index in [9.17, 15) is 19.5 Å². The van der Waals surface area contributed by atoms with E-state index in [0.29, 0.717) is 43.4 Å². The fourth-order valence-corrected chi connectivity index (χ4v) is 3.79. The number of pyridine rings is 1. The average Bonchev–Trinajstić information content (AvgIpc) is 3.10. The molecule has 2 aromatic heterocycles. The third kappa shape index (κ3) is 5.01. The van der Waals surface area contributed by atoms with Gasteiger partial charge in [0.2, 0.25) is 0 Å². The number of carboxylic acid groups (broad SMARTS) is 1. The molecular formula is C22H30N4O6. The molecule has 0 unspecified atom stereocenters. The van der Waals surface area contributed by atoms with Gasteiger partial charge in [0.05, 0.1) is 12.7 Å². The Balaban J connectivity index is 1.77. The summed E-state index contributed by atoms with van der Waals surface area (Å²) in [5, 5.41) is 13.5. The molecule has 0 radical (unpaired) electrons. The molecule has 1 fully saturated rings. The largest absolute Gasteiger partial charge is 0.465 e. The van der Waals surface area contributed by atoms with Crippen LogP contribution in [-0.4, -0.2) is 69.1 Å². The highest BCUT2D eigenvalue weighted by atomic mass is 16.6. The van der Waals surface area contributed by atoms with Crippen LogP contribution in [-0.2, 0) is 16.0 Å². The number of piperidine rings is 1. The molecular weight excluding hydrogens is 416 g/mol. The Morgan fingerprint density at radius 1 is 1.25 bits per heavy atom. The van der Waals surface area contributed by atoms with Crippen molar-refractivity contribution in [3.8, 4) is 0 Å². The van der Waals surface area contributed by atoms with Crippen LogP contribution in [0.15, 0.2) is 18.5 Å². The number of carbonyl (C=O) groups excluding carboxylic acids is 2. The fraction of sp³-hybridized carbons (Fsp3) is 0.545. The number of likely N-dealkylation sites (tertiary alicyclic amines) is 1. The van der Waals surface area contributed by atoms with Crippen LogP contribution in [0.3, 0.4) is 0 Å². The van der Waals surface area contributed by atoms with Gasteiger partial charge in [-0.1, -0.05) is 0 Å². The minimum absolute atomic E-state index is 0.182. The van der Waals surface area contributed by atoms with Gasteiger partial charge in [-0.05, 0) is 52.2 Å². The number of hydrogen-bond donors (Lipinski definition) is 2. The molecule has 3 heterocycles. The van der Waals surface area contributed by atoms with Crippen molar-refractivity contribution in [2.24, 2.45) is 0 Å². The topological polar surface area (TPSA) is 123 Å².